The molecule has 13 heavy (non-hydrogen) atoms. The molecule has 0 spiro atoms. The molecule has 0 heterocycles. The second-order valence-corrected chi connectivity index (χ2v) is 3.56. The molecule has 2 nitrogen and oxygen atoms in total. The van der Waals surface area contributed by atoms with Gasteiger partial charge in [0.2, 0.25) is 0 Å². The van der Waals surface area contributed by atoms with Gasteiger partial charge in [-0.2, -0.15) is 0 Å². The molecule has 0 atom stereocenters. The van der Waals surface area contributed by atoms with Crippen molar-refractivity contribution in [1.29, 1.82) is 0 Å². The first kappa shape index (κ1) is 8.30. The fraction of sp³-hybridized carbons (Fsp3) is 0.364. The van der Waals surface area contributed by atoms with Gasteiger partial charge in [-0.1, -0.05) is 22.9 Å². The molecule has 0 amide bonds. The smallest absolute Gasteiger partial charge is 0.0870 e. The maximum absolute atomic E-state index is 8.82. The molecule has 0 bridgehead atoms. The Kier molecular flexibility index (Phi) is 2.05. The molecule has 0 fully saturated rings. The third kappa shape index (κ3) is 1.44. The molecule has 1 aliphatic carbocycles. The number of aryl methyl sites for hydroxylation is 2. The number of benzene rings is 1. The Morgan fingerprint density at radius 2 is 2.15 bits per heavy atom. The van der Waals surface area contributed by atoms with E-state index >= 15 is 0 Å². The van der Waals surface area contributed by atoms with Gasteiger partial charge in [-0.15, -0.1) is 0 Å². The van der Waals surface area contributed by atoms with E-state index in [0.29, 0.717) is 0 Å². The molecule has 2 heteroatoms. The van der Waals surface area contributed by atoms with Gasteiger partial charge in [0.25, 0.3) is 0 Å². The quantitative estimate of drug-likeness (QED) is 0.477. The van der Waals surface area contributed by atoms with Crippen LogP contribution in [0.4, 0.5) is 0 Å². The van der Waals surface area contributed by atoms with E-state index in [1.54, 1.807) is 0 Å². The van der Waals surface area contributed by atoms with Crippen molar-refractivity contribution in [3.05, 3.63) is 34.9 Å². The highest BCUT2D eigenvalue weighted by Crippen LogP contribution is 2.22. The van der Waals surface area contributed by atoms with Crippen LogP contribution in [0.1, 0.15) is 29.5 Å². The SMILES string of the molecule is Cc1ccc2c(c1)C(=NO)CCC2. The zero-order chi connectivity index (χ0) is 9.26. The molecule has 0 aromatic heterocycles. The van der Waals surface area contributed by atoms with Crippen molar-refractivity contribution in [3.63, 3.8) is 0 Å². The molecule has 1 N–H and O–H groups in total. The monoisotopic (exact) mass is 175 g/mol. The van der Waals surface area contributed by atoms with Gasteiger partial charge in [0.05, 0.1) is 5.71 Å². The van der Waals surface area contributed by atoms with Crippen molar-refractivity contribution >= 4 is 5.71 Å². The van der Waals surface area contributed by atoms with Crippen LogP contribution in [-0.4, -0.2) is 10.9 Å². The van der Waals surface area contributed by atoms with E-state index in [2.05, 4.69) is 30.3 Å². The number of hydrogen-bond donors (Lipinski definition) is 1. The Balaban J connectivity index is 2.54. The summed E-state index contributed by atoms with van der Waals surface area (Å²) in [6, 6.07) is 6.34. The second-order valence-electron chi connectivity index (χ2n) is 3.56. The van der Waals surface area contributed by atoms with Gasteiger partial charge in [0.15, 0.2) is 0 Å². The van der Waals surface area contributed by atoms with E-state index in [-0.39, 0.29) is 0 Å². The lowest BCUT2D eigenvalue weighted by Gasteiger charge is -2.16. The summed E-state index contributed by atoms with van der Waals surface area (Å²) in [7, 11) is 0. The first-order valence-electron chi connectivity index (χ1n) is 4.62. The van der Waals surface area contributed by atoms with Gasteiger partial charge in [0.1, 0.15) is 0 Å². The maximum atomic E-state index is 8.82. The molecule has 2 rings (SSSR count). The van der Waals surface area contributed by atoms with Crippen molar-refractivity contribution in [2.45, 2.75) is 26.2 Å². The third-order valence-corrected chi connectivity index (χ3v) is 2.56. The molecule has 0 radical (unpaired) electrons. The zero-order valence-electron chi connectivity index (χ0n) is 7.75. The van der Waals surface area contributed by atoms with E-state index < -0.39 is 0 Å². The Labute approximate surface area is 77.9 Å². The Hall–Kier alpha value is -1.31. The predicted molar refractivity (Wildman–Crippen MR) is 52.4 cm³/mol. The van der Waals surface area contributed by atoms with Crippen LogP contribution in [0.3, 0.4) is 0 Å². The van der Waals surface area contributed by atoms with Gasteiger partial charge >= 0.3 is 0 Å². The van der Waals surface area contributed by atoms with E-state index in [1.807, 2.05) is 0 Å². The molecule has 1 aliphatic rings. The molecule has 0 saturated heterocycles. The average Bonchev–Trinajstić information content (AvgIpc) is 2.17. The van der Waals surface area contributed by atoms with Crippen molar-refractivity contribution in [2.75, 3.05) is 0 Å². The fourth-order valence-electron chi connectivity index (χ4n) is 1.86. The summed E-state index contributed by atoms with van der Waals surface area (Å²) in [5.74, 6) is 0. The summed E-state index contributed by atoms with van der Waals surface area (Å²) >= 11 is 0. The zero-order valence-corrected chi connectivity index (χ0v) is 7.75. The largest absolute Gasteiger partial charge is 0.411 e. The number of rotatable bonds is 0. The first-order chi connectivity index (χ1) is 6.31. The van der Waals surface area contributed by atoms with Crippen LogP contribution in [0.15, 0.2) is 23.4 Å². The summed E-state index contributed by atoms with van der Waals surface area (Å²) in [6.07, 6.45) is 3.09. The van der Waals surface area contributed by atoms with Gasteiger partial charge in [-0.25, -0.2) is 0 Å². The van der Waals surface area contributed by atoms with E-state index in [9.17, 15) is 0 Å². The number of oxime groups is 1. The van der Waals surface area contributed by atoms with Crippen molar-refractivity contribution in [2.24, 2.45) is 5.16 Å². The normalized spacial score (nSPS) is 18.7. The summed E-state index contributed by atoms with van der Waals surface area (Å²) in [5, 5.41) is 12.2. The Morgan fingerprint density at radius 3 is 2.92 bits per heavy atom. The average molecular weight is 175 g/mol. The number of nitrogens with zero attached hydrogens (tertiary/aromatic N) is 1. The molecule has 1 aromatic carbocycles. The molecular weight excluding hydrogens is 162 g/mol. The lowest BCUT2D eigenvalue weighted by Crippen LogP contribution is -2.11. The van der Waals surface area contributed by atoms with Crippen LogP contribution in [0.25, 0.3) is 0 Å². The molecule has 0 aliphatic heterocycles. The summed E-state index contributed by atoms with van der Waals surface area (Å²) in [6.45, 7) is 2.06. The molecule has 0 saturated carbocycles. The summed E-state index contributed by atoms with van der Waals surface area (Å²) in [4.78, 5) is 0. The minimum absolute atomic E-state index is 0.838. The summed E-state index contributed by atoms with van der Waals surface area (Å²) in [5.41, 5.74) is 4.50. The highest BCUT2D eigenvalue weighted by molar-refractivity contribution is 6.02. The van der Waals surface area contributed by atoms with Crippen molar-refractivity contribution in [1.82, 2.24) is 0 Å². The molecule has 68 valence electrons. The minimum atomic E-state index is 0.838. The lowest BCUT2D eigenvalue weighted by molar-refractivity contribution is 0.317. The van der Waals surface area contributed by atoms with Crippen molar-refractivity contribution < 1.29 is 5.21 Å². The van der Waals surface area contributed by atoms with Gasteiger partial charge in [-0.3, -0.25) is 0 Å². The van der Waals surface area contributed by atoms with Crippen LogP contribution >= 0.6 is 0 Å². The highest BCUT2D eigenvalue weighted by Gasteiger charge is 2.15. The summed E-state index contributed by atoms with van der Waals surface area (Å²) < 4.78 is 0. The van der Waals surface area contributed by atoms with Gasteiger partial charge in [0, 0.05) is 5.56 Å². The predicted octanol–water partition coefficient (Wildman–Crippen LogP) is 2.51. The van der Waals surface area contributed by atoms with Crippen LogP contribution in [0.5, 0.6) is 0 Å². The van der Waals surface area contributed by atoms with Crippen LogP contribution < -0.4 is 0 Å². The Bertz CT molecular complexity index is 355. The third-order valence-electron chi connectivity index (χ3n) is 2.56. The van der Waals surface area contributed by atoms with E-state index in [4.69, 9.17) is 5.21 Å². The van der Waals surface area contributed by atoms with Crippen LogP contribution in [-0.2, 0) is 6.42 Å². The lowest BCUT2D eigenvalue weighted by atomic mass is 9.89. The van der Waals surface area contributed by atoms with Crippen LogP contribution in [0, 0.1) is 6.92 Å². The Morgan fingerprint density at radius 1 is 1.31 bits per heavy atom. The van der Waals surface area contributed by atoms with Crippen LogP contribution in [0.2, 0.25) is 0 Å². The van der Waals surface area contributed by atoms with Gasteiger partial charge < -0.3 is 5.21 Å². The fourth-order valence-corrected chi connectivity index (χ4v) is 1.86. The first-order valence-corrected chi connectivity index (χ1v) is 4.62. The van der Waals surface area contributed by atoms with Gasteiger partial charge in [-0.05, 0) is 37.8 Å². The topological polar surface area (TPSA) is 32.6 Å². The molecular formula is C11H13NO. The standard InChI is InChI=1S/C11H13NO/c1-8-5-6-9-3-2-4-11(12-13)10(9)7-8/h5-7,13H,2-4H2,1H3. The molecule has 0 unspecified atom stereocenters. The maximum Gasteiger partial charge on any atom is 0.0870 e. The van der Waals surface area contributed by atoms with Crippen molar-refractivity contribution in [3.8, 4) is 0 Å². The molecule has 1 aromatic rings. The second kappa shape index (κ2) is 3.21. The highest BCUT2D eigenvalue weighted by atomic mass is 16.4. The van der Waals surface area contributed by atoms with E-state index in [1.165, 1.54) is 11.1 Å². The number of hydrogen-bond acceptors (Lipinski definition) is 2. The number of fused-ring (bicyclic) bond motifs is 1. The minimum Gasteiger partial charge on any atom is -0.411 e. The van der Waals surface area contributed by atoms with E-state index in [0.717, 1.165) is 30.5 Å².